The number of piperidine rings is 1. The Hall–Kier alpha value is -2.22. The van der Waals surface area contributed by atoms with E-state index in [1.165, 1.54) is 4.88 Å². The minimum atomic E-state index is -0.883. The maximum absolute atomic E-state index is 12.9. The van der Waals surface area contributed by atoms with Gasteiger partial charge in [-0.25, -0.2) is 0 Å². The molecule has 2 N–H and O–H groups in total. The molecule has 4 rings (SSSR count). The van der Waals surface area contributed by atoms with Crippen molar-refractivity contribution in [2.75, 3.05) is 26.2 Å². The molecule has 1 atom stereocenters. The maximum Gasteiger partial charge on any atom is 0.237 e. The standard InChI is InChI=1S/C22H27N3O3S/c26-20(24-11-8-22(28,9-12-24)17-5-2-1-3-6-17)15-19-21(27)23-10-13-25(19)16-18-7-4-14-29-18/h1-7,14,19,28H,8-13,15-16H2,(H,23,27). The van der Waals surface area contributed by atoms with Gasteiger partial charge in [0.05, 0.1) is 18.1 Å². The van der Waals surface area contributed by atoms with Gasteiger partial charge in [-0.2, -0.15) is 0 Å². The second-order valence-corrected chi connectivity index (χ2v) is 8.87. The number of hydrogen-bond donors (Lipinski definition) is 2. The van der Waals surface area contributed by atoms with Crippen LogP contribution in [-0.4, -0.2) is 58.9 Å². The van der Waals surface area contributed by atoms with E-state index in [-0.39, 0.29) is 18.2 Å². The van der Waals surface area contributed by atoms with E-state index < -0.39 is 11.6 Å². The fourth-order valence-corrected chi connectivity index (χ4v) is 4.96. The van der Waals surface area contributed by atoms with Crippen LogP contribution in [0.1, 0.15) is 29.7 Å². The first-order chi connectivity index (χ1) is 14.0. The third-order valence-corrected chi connectivity index (χ3v) is 6.86. The number of benzene rings is 1. The first kappa shape index (κ1) is 20.1. The number of amides is 2. The number of thiophene rings is 1. The molecule has 0 saturated carbocycles. The molecule has 2 aliphatic rings. The molecule has 0 bridgehead atoms. The predicted molar refractivity (Wildman–Crippen MR) is 112 cm³/mol. The largest absolute Gasteiger partial charge is 0.385 e. The summed E-state index contributed by atoms with van der Waals surface area (Å²) in [6.07, 6.45) is 1.21. The number of piperazine rings is 1. The molecular weight excluding hydrogens is 386 g/mol. The van der Waals surface area contributed by atoms with E-state index in [9.17, 15) is 14.7 Å². The average molecular weight is 414 g/mol. The first-order valence-corrected chi connectivity index (χ1v) is 11.0. The molecule has 6 nitrogen and oxygen atoms in total. The number of nitrogens with zero attached hydrogens (tertiary/aromatic N) is 2. The van der Waals surface area contributed by atoms with Crippen molar-refractivity contribution in [2.45, 2.75) is 37.5 Å². The third-order valence-electron chi connectivity index (χ3n) is 6.00. The molecule has 0 radical (unpaired) electrons. The topological polar surface area (TPSA) is 72.9 Å². The minimum absolute atomic E-state index is 0.0154. The Kier molecular flexibility index (Phi) is 5.99. The van der Waals surface area contributed by atoms with Crippen molar-refractivity contribution in [2.24, 2.45) is 0 Å². The van der Waals surface area contributed by atoms with Crippen molar-refractivity contribution < 1.29 is 14.7 Å². The quantitative estimate of drug-likeness (QED) is 0.786. The van der Waals surface area contributed by atoms with Crippen molar-refractivity contribution in [1.82, 2.24) is 15.1 Å². The molecule has 7 heteroatoms. The Morgan fingerprint density at radius 3 is 2.59 bits per heavy atom. The molecule has 2 amide bonds. The van der Waals surface area contributed by atoms with E-state index in [4.69, 9.17) is 0 Å². The SMILES string of the molecule is O=C1NCCN(Cc2cccs2)C1CC(=O)N1CCC(O)(c2ccccc2)CC1. The van der Waals surface area contributed by atoms with Crippen LogP contribution in [-0.2, 0) is 21.7 Å². The van der Waals surface area contributed by atoms with Crippen LogP contribution in [0.15, 0.2) is 47.8 Å². The number of rotatable bonds is 5. The van der Waals surface area contributed by atoms with Crippen LogP contribution in [0.2, 0.25) is 0 Å². The molecule has 1 aromatic carbocycles. The van der Waals surface area contributed by atoms with E-state index in [0.29, 0.717) is 39.0 Å². The Labute approximate surface area is 175 Å². The fourth-order valence-electron chi connectivity index (χ4n) is 4.23. The second-order valence-electron chi connectivity index (χ2n) is 7.84. The molecule has 2 aliphatic heterocycles. The summed E-state index contributed by atoms with van der Waals surface area (Å²) in [7, 11) is 0. The van der Waals surface area contributed by atoms with Crippen molar-refractivity contribution in [3.8, 4) is 0 Å². The Balaban J connectivity index is 1.37. The highest BCUT2D eigenvalue weighted by Gasteiger charge is 2.37. The summed E-state index contributed by atoms with van der Waals surface area (Å²) in [5.74, 6) is -0.0858. The summed E-state index contributed by atoms with van der Waals surface area (Å²) in [4.78, 5) is 30.5. The van der Waals surface area contributed by atoms with Crippen LogP contribution in [0.25, 0.3) is 0 Å². The Morgan fingerprint density at radius 2 is 1.90 bits per heavy atom. The van der Waals surface area contributed by atoms with Crippen LogP contribution in [0, 0.1) is 0 Å². The number of aliphatic hydroxyl groups is 1. The summed E-state index contributed by atoms with van der Waals surface area (Å²) in [5.41, 5.74) is 0.0201. The van der Waals surface area contributed by atoms with Crippen LogP contribution in [0.5, 0.6) is 0 Å². The molecule has 2 fully saturated rings. The van der Waals surface area contributed by atoms with Gasteiger partial charge in [-0.1, -0.05) is 36.4 Å². The van der Waals surface area contributed by atoms with E-state index in [0.717, 1.165) is 12.1 Å². The van der Waals surface area contributed by atoms with Gasteiger partial charge in [-0.15, -0.1) is 11.3 Å². The van der Waals surface area contributed by atoms with Crippen LogP contribution >= 0.6 is 11.3 Å². The monoisotopic (exact) mass is 413 g/mol. The molecule has 29 heavy (non-hydrogen) atoms. The van der Waals surface area contributed by atoms with Crippen LogP contribution in [0.4, 0.5) is 0 Å². The van der Waals surface area contributed by atoms with Gasteiger partial charge in [0.15, 0.2) is 0 Å². The zero-order valence-corrected chi connectivity index (χ0v) is 17.2. The van der Waals surface area contributed by atoms with Crippen LogP contribution < -0.4 is 5.32 Å². The lowest BCUT2D eigenvalue weighted by Crippen LogP contribution is -2.56. The zero-order chi connectivity index (χ0) is 20.3. The fraction of sp³-hybridized carbons (Fsp3) is 0.455. The highest BCUT2D eigenvalue weighted by Crippen LogP contribution is 2.33. The summed E-state index contributed by atoms with van der Waals surface area (Å²) >= 11 is 1.67. The van der Waals surface area contributed by atoms with E-state index >= 15 is 0 Å². The highest BCUT2D eigenvalue weighted by atomic mass is 32.1. The summed E-state index contributed by atoms with van der Waals surface area (Å²) < 4.78 is 0. The molecule has 1 unspecified atom stereocenters. The molecule has 0 spiro atoms. The lowest BCUT2D eigenvalue weighted by Gasteiger charge is -2.40. The van der Waals surface area contributed by atoms with Gasteiger partial charge in [0.25, 0.3) is 0 Å². The lowest BCUT2D eigenvalue weighted by molar-refractivity contribution is -0.142. The molecule has 1 aromatic heterocycles. The second kappa shape index (κ2) is 8.65. The Morgan fingerprint density at radius 1 is 1.14 bits per heavy atom. The number of hydrogen-bond acceptors (Lipinski definition) is 5. The molecule has 0 aliphatic carbocycles. The molecule has 154 valence electrons. The van der Waals surface area contributed by atoms with Gasteiger partial charge < -0.3 is 15.3 Å². The number of likely N-dealkylation sites (tertiary alicyclic amines) is 1. The normalized spacial score (nSPS) is 22.3. The van der Waals surface area contributed by atoms with Gasteiger partial charge in [-0.3, -0.25) is 14.5 Å². The molecule has 2 saturated heterocycles. The van der Waals surface area contributed by atoms with E-state index in [2.05, 4.69) is 16.3 Å². The zero-order valence-electron chi connectivity index (χ0n) is 16.4. The summed E-state index contributed by atoms with van der Waals surface area (Å²) in [6, 6.07) is 13.3. The predicted octanol–water partition coefficient (Wildman–Crippen LogP) is 1.95. The maximum atomic E-state index is 12.9. The molecule has 3 heterocycles. The average Bonchev–Trinajstić information content (AvgIpc) is 3.25. The van der Waals surface area contributed by atoms with Gasteiger partial charge >= 0.3 is 0 Å². The Bertz CT molecular complexity index is 832. The smallest absolute Gasteiger partial charge is 0.237 e. The molecule has 2 aromatic rings. The highest BCUT2D eigenvalue weighted by molar-refractivity contribution is 7.09. The molecular formula is C22H27N3O3S. The van der Waals surface area contributed by atoms with Gasteiger partial charge in [-0.05, 0) is 29.9 Å². The number of carbonyl (C=O) groups excluding carboxylic acids is 2. The minimum Gasteiger partial charge on any atom is -0.385 e. The van der Waals surface area contributed by atoms with E-state index in [1.54, 1.807) is 16.2 Å². The lowest BCUT2D eigenvalue weighted by atomic mass is 9.84. The van der Waals surface area contributed by atoms with Crippen molar-refractivity contribution >= 4 is 23.2 Å². The van der Waals surface area contributed by atoms with Gasteiger partial charge in [0, 0.05) is 37.6 Å². The third kappa shape index (κ3) is 4.52. The van der Waals surface area contributed by atoms with Gasteiger partial charge in [0.1, 0.15) is 0 Å². The first-order valence-electron chi connectivity index (χ1n) is 10.1. The van der Waals surface area contributed by atoms with Crippen molar-refractivity contribution in [3.05, 3.63) is 58.3 Å². The summed E-state index contributed by atoms with van der Waals surface area (Å²) in [6.45, 7) is 3.06. The number of nitrogens with one attached hydrogen (secondary N) is 1. The van der Waals surface area contributed by atoms with Gasteiger partial charge in [0.2, 0.25) is 11.8 Å². The van der Waals surface area contributed by atoms with Crippen molar-refractivity contribution in [1.29, 1.82) is 0 Å². The summed E-state index contributed by atoms with van der Waals surface area (Å²) in [5, 5.41) is 15.9. The van der Waals surface area contributed by atoms with Crippen molar-refractivity contribution in [3.63, 3.8) is 0 Å². The van der Waals surface area contributed by atoms with E-state index in [1.807, 2.05) is 41.8 Å². The number of carbonyl (C=O) groups is 2. The van der Waals surface area contributed by atoms with Crippen LogP contribution in [0.3, 0.4) is 0 Å².